The number of para-hydroxylation sites is 1. The van der Waals surface area contributed by atoms with Gasteiger partial charge >= 0.3 is 5.97 Å². The zero-order valence-electron chi connectivity index (χ0n) is 11.6. The smallest absolute Gasteiger partial charge is 0.347 e. The molecule has 2 aromatic rings. The fourth-order valence-electron chi connectivity index (χ4n) is 1.47. The summed E-state index contributed by atoms with van der Waals surface area (Å²) in [6.07, 6.45) is 0.770. The van der Waals surface area contributed by atoms with E-state index in [1.807, 2.05) is 6.07 Å². The highest BCUT2D eigenvalue weighted by Gasteiger charge is 2.18. The largest absolute Gasteiger partial charge is 0.479 e. The molecule has 116 valence electrons. The Morgan fingerprint density at radius 2 is 2.09 bits per heavy atom. The maximum absolute atomic E-state index is 11.8. The molecule has 0 saturated heterocycles. The number of benzene rings is 1. The minimum atomic E-state index is -0.802. The molecule has 1 aromatic heterocycles. The highest BCUT2D eigenvalue weighted by atomic mass is 79.9. The van der Waals surface area contributed by atoms with Crippen LogP contribution < -0.4 is 10.1 Å². The molecular weight excluding hydrogens is 372 g/mol. The van der Waals surface area contributed by atoms with Crippen molar-refractivity contribution in [2.24, 2.45) is 0 Å². The molecule has 8 heteroatoms. The highest BCUT2D eigenvalue weighted by molar-refractivity contribution is 9.11. The Hall–Kier alpha value is -1.93. The molecule has 0 spiro atoms. The van der Waals surface area contributed by atoms with Gasteiger partial charge in [-0.1, -0.05) is 29.5 Å². The summed E-state index contributed by atoms with van der Waals surface area (Å²) in [4.78, 5) is 27.3. The number of aromatic nitrogens is 1. The second-order valence-electron chi connectivity index (χ2n) is 4.20. The molecule has 1 heterocycles. The SMILES string of the molecule is CC(Oc1ccccc1)C(=O)OCC(=O)Nc1ncc(Br)s1. The normalized spacial score (nSPS) is 11.5. The lowest BCUT2D eigenvalue weighted by atomic mass is 10.3. The van der Waals surface area contributed by atoms with Crippen LogP contribution in [0, 0.1) is 0 Å². The molecule has 6 nitrogen and oxygen atoms in total. The summed E-state index contributed by atoms with van der Waals surface area (Å²) in [5.74, 6) is -0.509. The van der Waals surface area contributed by atoms with Crippen LogP contribution >= 0.6 is 27.3 Å². The predicted octanol–water partition coefficient (Wildman–Crippen LogP) is 2.85. The van der Waals surface area contributed by atoms with Crippen molar-refractivity contribution < 1.29 is 19.1 Å². The second kappa shape index (κ2) is 7.90. The van der Waals surface area contributed by atoms with Crippen LogP contribution in [0.5, 0.6) is 5.75 Å². The van der Waals surface area contributed by atoms with Crippen molar-refractivity contribution in [1.29, 1.82) is 0 Å². The predicted molar refractivity (Wildman–Crippen MR) is 85.9 cm³/mol. The number of nitrogens with zero attached hydrogens (tertiary/aromatic N) is 1. The molecule has 0 aliphatic carbocycles. The highest BCUT2D eigenvalue weighted by Crippen LogP contribution is 2.22. The van der Waals surface area contributed by atoms with Gasteiger partial charge in [0.2, 0.25) is 0 Å². The number of hydrogen-bond acceptors (Lipinski definition) is 6. The summed E-state index contributed by atoms with van der Waals surface area (Å²) in [7, 11) is 0. The molecule has 22 heavy (non-hydrogen) atoms. The molecule has 1 aromatic carbocycles. The summed E-state index contributed by atoms with van der Waals surface area (Å²) in [6.45, 7) is 1.17. The van der Waals surface area contributed by atoms with Crippen LogP contribution in [0.1, 0.15) is 6.92 Å². The molecule has 0 saturated carbocycles. The van der Waals surface area contributed by atoms with Gasteiger partial charge in [0, 0.05) is 0 Å². The molecular formula is C14H13BrN2O4S. The molecule has 0 radical (unpaired) electrons. The van der Waals surface area contributed by atoms with Crippen LogP contribution in [-0.2, 0) is 14.3 Å². The van der Waals surface area contributed by atoms with Crippen molar-refractivity contribution in [3.05, 3.63) is 40.3 Å². The van der Waals surface area contributed by atoms with Gasteiger partial charge in [0.1, 0.15) is 5.75 Å². The maximum atomic E-state index is 11.8. The van der Waals surface area contributed by atoms with Gasteiger partial charge in [-0.2, -0.15) is 0 Å². The fraction of sp³-hybridized carbons (Fsp3) is 0.214. The van der Waals surface area contributed by atoms with Gasteiger partial charge in [-0.25, -0.2) is 9.78 Å². The molecule has 0 fully saturated rings. The molecule has 1 N–H and O–H groups in total. The zero-order valence-corrected chi connectivity index (χ0v) is 14.0. The minimum Gasteiger partial charge on any atom is -0.479 e. The van der Waals surface area contributed by atoms with Gasteiger partial charge < -0.3 is 9.47 Å². The summed E-state index contributed by atoms with van der Waals surface area (Å²) in [6, 6.07) is 8.91. The lowest BCUT2D eigenvalue weighted by Gasteiger charge is -2.13. The third-order valence-electron chi connectivity index (χ3n) is 2.46. The van der Waals surface area contributed by atoms with Gasteiger partial charge in [-0.15, -0.1) is 0 Å². The van der Waals surface area contributed by atoms with E-state index in [1.165, 1.54) is 11.3 Å². The summed E-state index contributed by atoms with van der Waals surface area (Å²) in [5, 5.41) is 2.96. The number of halogens is 1. The van der Waals surface area contributed by atoms with Crippen molar-refractivity contribution in [2.75, 3.05) is 11.9 Å². The molecule has 1 atom stereocenters. The number of amides is 1. The first-order chi connectivity index (χ1) is 10.5. The minimum absolute atomic E-state index is 0.390. The van der Waals surface area contributed by atoms with E-state index in [1.54, 1.807) is 37.4 Å². The zero-order chi connectivity index (χ0) is 15.9. The van der Waals surface area contributed by atoms with Crippen molar-refractivity contribution in [1.82, 2.24) is 4.98 Å². The number of carbonyl (C=O) groups excluding carboxylic acids is 2. The number of esters is 1. The number of hydrogen-bond donors (Lipinski definition) is 1. The van der Waals surface area contributed by atoms with E-state index in [0.717, 1.165) is 3.79 Å². The number of anilines is 1. The van der Waals surface area contributed by atoms with E-state index >= 15 is 0 Å². The van der Waals surface area contributed by atoms with Crippen LogP contribution in [0.25, 0.3) is 0 Å². The lowest BCUT2D eigenvalue weighted by Crippen LogP contribution is -2.29. The third-order valence-corrected chi connectivity index (χ3v) is 3.85. The van der Waals surface area contributed by atoms with E-state index in [-0.39, 0.29) is 0 Å². The first-order valence-electron chi connectivity index (χ1n) is 6.34. The Labute approximate surface area is 139 Å². The first-order valence-corrected chi connectivity index (χ1v) is 7.95. The molecule has 0 aliphatic heterocycles. The lowest BCUT2D eigenvalue weighted by molar-refractivity contribution is -0.153. The average Bonchev–Trinajstić information content (AvgIpc) is 2.90. The number of carbonyl (C=O) groups is 2. The maximum Gasteiger partial charge on any atom is 0.347 e. The Morgan fingerprint density at radius 1 is 1.36 bits per heavy atom. The number of thiazole rings is 1. The monoisotopic (exact) mass is 384 g/mol. The first kappa shape index (κ1) is 16.4. The van der Waals surface area contributed by atoms with Crippen molar-refractivity contribution in [3.8, 4) is 5.75 Å². The van der Waals surface area contributed by atoms with E-state index in [0.29, 0.717) is 10.9 Å². The molecule has 0 bridgehead atoms. The summed E-state index contributed by atoms with van der Waals surface area (Å²) in [5.41, 5.74) is 0. The number of ether oxygens (including phenoxy) is 2. The molecule has 1 amide bonds. The molecule has 2 rings (SSSR count). The third kappa shape index (κ3) is 5.12. The quantitative estimate of drug-likeness (QED) is 0.774. The Balaban J connectivity index is 1.75. The Kier molecular flexibility index (Phi) is 5.91. The van der Waals surface area contributed by atoms with Crippen LogP contribution in [-0.4, -0.2) is 29.6 Å². The van der Waals surface area contributed by atoms with Gasteiger partial charge in [0.15, 0.2) is 17.8 Å². The van der Waals surface area contributed by atoms with Gasteiger partial charge in [-0.3, -0.25) is 10.1 Å². The van der Waals surface area contributed by atoms with Crippen molar-refractivity contribution >= 4 is 44.3 Å². The van der Waals surface area contributed by atoms with E-state index in [9.17, 15) is 9.59 Å². The van der Waals surface area contributed by atoms with Crippen LogP contribution in [0.3, 0.4) is 0 Å². The van der Waals surface area contributed by atoms with Gasteiger partial charge in [0.05, 0.1) is 9.98 Å². The van der Waals surface area contributed by atoms with Gasteiger partial charge in [0.25, 0.3) is 5.91 Å². The summed E-state index contributed by atoms with van der Waals surface area (Å²) >= 11 is 4.50. The van der Waals surface area contributed by atoms with E-state index in [4.69, 9.17) is 9.47 Å². The van der Waals surface area contributed by atoms with E-state index in [2.05, 4.69) is 26.2 Å². The van der Waals surface area contributed by atoms with Crippen molar-refractivity contribution in [3.63, 3.8) is 0 Å². The topological polar surface area (TPSA) is 77.5 Å². The average molecular weight is 385 g/mol. The van der Waals surface area contributed by atoms with Gasteiger partial charge in [-0.05, 0) is 35.0 Å². The summed E-state index contributed by atoms with van der Waals surface area (Å²) < 4.78 is 11.1. The number of nitrogens with one attached hydrogen (secondary N) is 1. The fourth-order valence-corrected chi connectivity index (χ4v) is 2.60. The van der Waals surface area contributed by atoms with Crippen LogP contribution in [0.15, 0.2) is 40.3 Å². The number of rotatable bonds is 6. The van der Waals surface area contributed by atoms with E-state index < -0.39 is 24.6 Å². The van der Waals surface area contributed by atoms with Crippen molar-refractivity contribution in [2.45, 2.75) is 13.0 Å². The Morgan fingerprint density at radius 3 is 2.73 bits per heavy atom. The van der Waals surface area contributed by atoms with Crippen LogP contribution in [0.2, 0.25) is 0 Å². The molecule has 0 aliphatic rings. The second-order valence-corrected chi connectivity index (χ2v) is 6.61. The Bertz CT molecular complexity index is 647. The molecule has 1 unspecified atom stereocenters. The van der Waals surface area contributed by atoms with Crippen LogP contribution in [0.4, 0.5) is 5.13 Å². The standard InChI is InChI=1S/C14H13BrN2O4S/c1-9(21-10-5-3-2-4-6-10)13(19)20-8-12(18)17-14-16-7-11(15)22-14/h2-7,9H,8H2,1H3,(H,16,17,18).